The summed E-state index contributed by atoms with van der Waals surface area (Å²) in [5.74, 6) is -0.209. The molecule has 0 radical (unpaired) electrons. The molecule has 1 atom stereocenters. The van der Waals surface area contributed by atoms with Crippen LogP contribution in [0.15, 0.2) is 18.2 Å². The number of nitrogens with two attached hydrogens (primary N) is 1. The van der Waals surface area contributed by atoms with Gasteiger partial charge < -0.3 is 16.2 Å². The highest BCUT2D eigenvalue weighted by Crippen LogP contribution is 2.20. The predicted octanol–water partition coefficient (Wildman–Crippen LogP) is 2.10. The highest BCUT2D eigenvalue weighted by molar-refractivity contribution is 5.95. The first-order valence-corrected chi connectivity index (χ1v) is 6.51. The second-order valence-corrected chi connectivity index (χ2v) is 6.20. The fraction of sp³-hybridized carbons (Fsp3) is 0.533. The van der Waals surface area contributed by atoms with Crippen molar-refractivity contribution in [2.45, 2.75) is 40.2 Å². The Balaban J connectivity index is 2.53. The number of nitrogen functional groups attached to an aromatic ring is 1. The number of rotatable bonds is 4. The van der Waals surface area contributed by atoms with Gasteiger partial charge in [-0.2, -0.15) is 0 Å². The lowest BCUT2D eigenvalue weighted by molar-refractivity contribution is 0.0868. The van der Waals surface area contributed by atoms with Gasteiger partial charge in [0, 0.05) is 17.8 Å². The summed E-state index contributed by atoms with van der Waals surface area (Å²) in [5, 5.41) is 12.6. The van der Waals surface area contributed by atoms with Gasteiger partial charge in [0.05, 0.1) is 6.10 Å². The van der Waals surface area contributed by atoms with Crippen molar-refractivity contribution in [3.63, 3.8) is 0 Å². The van der Waals surface area contributed by atoms with Crippen LogP contribution in [0.5, 0.6) is 0 Å². The van der Waals surface area contributed by atoms with Gasteiger partial charge in [-0.25, -0.2) is 0 Å². The van der Waals surface area contributed by atoms with E-state index in [0.29, 0.717) is 17.7 Å². The van der Waals surface area contributed by atoms with Crippen LogP contribution in [-0.4, -0.2) is 23.7 Å². The molecule has 0 fully saturated rings. The van der Waals surface area contributed by atoms with Crippen molar-refractivity contribution in [3.8, 4) is 0 Å². The highest BCUT2D eigenvalue weighted by Gasteiger charge is 2.17. The highest BCUT2D eigenvalue weighted by atomic mass is 16.3. The third kappa shape index (κ3) is 5.30. The molecule has 1 rings (SSSR count). The zero-order valence-electron chi connectivity index (χ0n) is 12.2. The zero-order valence-corrected chi connectivity index (χ0v) is 12.2. The van der Waals surface area contributed by atoms with Gasteiger partial charge in [0.25, 0.3) is 5.91 Å². The second-order valence-electron chi connectivity index (χ2n) is 6.20. The number of hydrogen-bond donors (Lipinski definition) is 3. The van der Waals surface area contributed by atoms with E-state index in [1.165, 1.54) is 0 Å². The Bertz CT molecular complexity index is 450. The number of nitrogens with one attached hydrogen (secondary N) is 1. The van der Waals surface area contributed by atoms with Gasteiger partial charge in [-0.3, -0.25) is 4.79 Å². The normalized spacial score (nSPS) is 13.1. The molecule has 0 heterocycles. The molecule has 0 aliphatic carbocycles. The molecule has 0 aromatic heterocycles. The van der Waals surface area contributed by atoms with E-state index in [4.69, 9.17) is 5.73 Å². The molecule has 106 valence electrons. The van der Waals surface area contributed by atoms with Crippen molar-refractivity contribution in [1.29, 1.82) is 0 Å². The van der Waals surface area contributed by atoms with Crippen LogP contribution in [0.4, 0.5) is 5.69 Å². The summed E-state index contributed by atoms with van der Waals surface area (Å²) in [7, 11) is 0. The topological polar surface area (TPSA) is 75.3 Å². The molecule has 1 amide bonds. The van der Waals surface area contributed by atoms with E-state index in [2.05, 4.69) is 26.1 Å². The Morgan fingerprint density at radius 1 is 1.42 bits per heavy atom. The van der Waals surface area contributed by atoms with Crippen LogP contribution in [0.25, 0.3) is 0 Å². The molecule has 1 aromatic carbocycles. The summed E-state index contributed by atoms with van der Waals surface area (Å²) in [4.78, 5) is 11.9. The summed E-state index contributed by atoms with van der Waals surface area (Å²) in [5.41, 5.74) is 7.88. The molecule has 19 heavy (non-hydrogen) atoms. The van der Waals surface area contributed by atoms with E-state index in [9.17, 15) is 9.90 Å². The van der Waals surface area contributed by atoms with Crippen LogP contribution in [0.3, 0.4) is 0 Å². The summed E-state index contributed by atoms with van der Waals surface area (Å²) >= 11 is 0. The average molecular weight is 264 g/mol. The molecule has 1 aromatic rings. The van der Waals surface area contributed by atoms with Crippen LogP contribution in [0.1, 0.15) is 43.1 Å². The molecular weight excluding hydrogens is 240 g/mol. The molecular formula is C15H24N2O2. The third-order valence-electron chi connectivity index (χ3n) is 2.89. The van der Waals surface area contributed by atoms with Crippen molar-refractivity contribution in [1.82, 2.24) is 5.32 Å². The Kier molecular flexibility index (Phi) is 4.95. The largest absolute Gasteiger partial charge is 0.398 e. The number of aryl methyl sites for hydroxylation is 1. The van der Waals surface area contributed by atoms with Gasteiger partial charge in [-0.05, 0) is 36.5 Å². The van der Waals surface area contributed by atoms with Gasteiger partial charge in [0.1, 0.15) is 0 Å². The van der Waals surface area contributed by atoms with Gasteiger partial charge in [0.15, 0.2) is 0 Å². The summed E-state index contributed by atoms with van der Waals surface area (Å²) in [6, 6.07) is 5.20. The lowest BCUT2D eigenvalue weighted by Crippen LogP contribution is -2.34. The third-order valence-corrected chi connectivity index (χ3v) is 2.89. The first-order valence-electron chi connectivity index (χ1n) is 6.51. The monoisotopic (exact) mass is 264 g/mol. The SMILES string of the molecule is Cc1ccc(C(=O)NCC(O)CC(C)(C)C)cc1N. The number of benzene rings is 1. The fourth-order valence-corrected chi connectivity index (χ4v) is 1.87. The van der Waals surface area contributed by atoms with Gasteiger partial charge in [-0.15, -0.1) is 0 Å². The van der Waals surface area contributed by atoms with E-state index in [-0.39, 0.29) is 17.9 Å². The van der Waals surface area contributed by atoms with Gasteiger partial charge >= 0.3 is 0 Å². The number of carbonyl (C=O) groups excluding carboxylic acids is 1. The number of aliphatic hydroxyl groups is 1. The summed E-state index contributed by atoms with van der Waals surface area (Å²) in [6.45, 7) is 8.31. The molecule has 0 spiro atoms. The van der Waals surface area contributed by atoms with E-state index < -0.39 is 6.10 Å². The maximum Gasteiger partial charge on any atom is 0.251 e. The Labute approximate surface area is 115 Å². The first kappa shape index (κ1) is 15.5. The van der Waals surface area contributed by atoms with Crippen LogP contribution in [-0.2, 0) is 0 Å². The lowest BCUT2D eigenvalue weighted by atomic mass is 9.89. The number of hydrogen-bond acceptors (Lipinski definition) is 3. The number of aliphatic hydroxyl groups excluding tert-OH is 1. The minimum Gasteiger partial charge on any atom is -0.398 e. The molecule has 0 aliphatic rings. The van der Waals surface area contributed by atoms with Gasteiger partial charge in [0.2, 0.25) is 0 Å². The Morgan fingerprint density at radius 3 is 2.58 bits per heavy atom. The van der Waals surface area contributed by atoms with Crippen molar-refractivity contribution in [2.75, 3.05) is 12.3 Å². The van der Waals surface area contributed by atoms with Crippen molar-refractivity contribution in [2.24, 2.45) is 5.41 Å². The van der Waals surface area contributed by atoms with E-state index in [1.807, 2.05) is 13.0 Å². The first-order chi connectivity index (χ1) is 8.69. The van der Waals surface area contributed by atoms with Crippen molar-refractivity contribution in [3.05, 3.63) is 29.3 Å². The standard InChI is InChI=1S/C15H24N2O2/c1-10-5-6-11(7-13(10)16)14(19)17-9-12(18)8-15(2,3)4/h5-7,12,18H,8-9,16H2,1-4H3,(H,17,19). The minimum absolute atomic E-state index is 0.0401. The lowest BCUT2D eigenvalue weighted by Gasteiger charge is -2.22. The van der Waals surface area contributed by atoms with Crippen molar-refractivity contribution < 1.29 is 9.90 Å². The van der Waals surface area contributed by atoms with Gasteiger partial charge in [-0.1, -0.05) is 26.8 Å². The molecule has 0 bridgehead atoms. The molecule has 4 N–H and O–H groups in total. The average Bonchev–Trinajstić information content (AvgIpc) is 2.27. The fourth-order valence-electron chi connectivity index (χ4n) is 1.87. The molecule has 4 heteroatoms. The Hall–Kier alpha value is -1.55. The quantitative estimate of drug-likeness (QED) is 0.729. The molecule has 0 saturated carbocycles. The summed E-state index contributed by atoms with van der Waals surface area (Å²) in [6.07, 6.45) is 0.107. The number of anilines is 1. The summed E-state index contributed by atoms with van der Waals surface area (Å²) < 4.78 is 0. The minimum atomic E-state index is -0.535. The van der Waals surface area contributed by atoms with Crippen LogP contribution in [0.2, 0.25) is 0 Å². The van der Waals surface area contributed by atoms with E-state index in [0.717, 1.165) is 5.56 Å². The second kappa shape index (κ2) is 6.06. The van der Waals surface area contributed by atoms with E-state index in [1.54, 1.807) is 12.1 Å². The van der Waals surface area contributed by atoms with E-state index >= 15 is 0 Å². The smallest absolute Gasteiger partial charge is 0.251 e. The van der Waals surface area contributed by atoms with Crippen LogP contribution < -0.4 is 11.1 Å². The van der Waals surface area contributed by atoms with Crippen molar-refractivity contribution >= 4 is 11.6 Å². The molecule has 0 saturated heterocycles. The maximum atomic E-state index is 11.9. The molecule has 1 unspecified atom stereocenters. The van der Waals surface area contributed by atoms with Crippen LogP contribution >= 0.6 is 0 Å². The zero-order chi connectivity index (χ0) is 14.6. The number of amides is 1. The maximum absolute atomic E-state index is 11.9. The van der Waals surface area contributed by atoms with Crippen LogP contribution in [0, 0.1) is 12.3 Å². The molecule has 4 nitrogen and oxygen atoms in total. The number of carbonyl (C=O) groups is 1. The predicted molar refractivity (Wildman–Crippen MR) is 78.0 cm³/mol. The molecule has 0 aliphatic heterocycles. The Morgan fingerprint density at radius 2 is 2.05 bits per heavy atom.